The molecule has 1 aromatic rings. The Morgan fingerprint density at radius 1 is 1.20 bits per heavy atom. The van der Waals surface area contributed by atoms with Gasteiger partial charge in [-0.3, -0.25) is 4.79 Å². The van der Waals surface area contributed by atoms with E-state index in [-0.39, 0.29) is 11.5 Å². The highest BCUT2D eigenvalue weighted by Crippen LogP contribution is 2.30. The quantitative estimate of drug-likeness (QED) is 0.622. The van der Waals surface area contributed by atoms with Crippen molar-refractivity contribution >= 4 is 5.97 Å². The summed E-state index contributed by atoms with van der Waals surface area (Å²) in [6.07, 6.45) is -3.96. The van der Waals surface area contributed by atoms with Crippen LogP contribution in [0.3, 0.4) is 0 Å². The van der Waals surface area contributed by atoms with Crippen molar-refractivity contribution < 1.29 is 32.5 Å². The molecule has 0 aliphatic carbocycles. The van der Waals surface area contributed by atoms with Gasteiger partial charge in [0.2, 0.25) is 0 Å². The van der Waals surface area contributed by atoms with Crippen LogP contribution in [0.25, 0.3) is 0 Å². The first kappa shape index (κ1) is 21.1. The third-order valence-electron chi connectivity index (χ3n) is 3.53. The van der Waals surface area contributed by atoms with E-state index < -0.39 is 24.2 Å². The Balaban J connectivity index is 2.63. The second-order valence-corrected chi connectivity index (χ2v) is 6.23. The van der Waals surface area contributed by atoms with Gasteiger partial charge in [0.15, 0.2) is 18.1 Å². The van der Waals surface area contributed by atoms with E-state index in [1.807, 2.05) is 0 Å². The van der Waals surface area contributed by atoms with Gasteiger partial charge in [-0.25, -0.2) is 0 Å². The number of hydrogen-bond acceptors (Lipinski definition) is 4. The SMILES string of the molecule is CCOc1cc(CNCCC(C)(C)C(=O)O)ccc1OCC(F)(F)F. The minimum absolute atomic E-state index is 0.0370. The van der Waals surface area contributed by atoms with E-state index in [1.54, 1.807) is 32.9 Å². The van der Waals surface area contributed by atoms with Crippen LogP contribution >= 0.6 is 0 Å². The third-order valence-corrected chi connectivity index (χ3v) is 3.53. The Hall–Kier alpha value is -1.96. The van der Waals surface area contributed by atoms with Crippen LogP contribution in [0, 0.1) is 5.41 Å². The first-order valence-corrected chi connectivity index (χ1v) is 7.94. The molecular weight excluding hydrogens is 339 g/mol. The largest absolute Gasteiger partial charge is 0.490 e. The number of alkyl halides is 3. The van der Waals surface area contributed by atoms with Crippen LogP contribution < -0.4 is 14.8 Å². The molecule has 0 radical (unpaired) electrons. The van der Waals surface area contributed by atoms with E-state index in [4.69, 9.17) is 14.6 Å². The highest BCUT2D eigenvalue weighted by molar-refractivity contribution is 5.73. The molecule has 2 N–H and O–H groups in total. The van der Waals surface area contributed by atoms with Crippen LogP contribution in [0.2, 0.25) is 0 Å². The first-order valence-electron chi connectivity index (χ1n) is 7.94. The van der Waals surface area contributed by atoms with Crippen molar-refractivity contribution in [3.8, 4) is 11.5 Å². The number of carboxylic acid groups (broad SMARTS) is 1. The molecule has 1 rings (SSSR count). The van der Waals surface area contributed by atoms with Gasteiger partial charge in [0, 0.05) is 6.54 Å². The zero-order chi connectivity index (χ0) is 19.1. The molecule has 0 aliphatic heterocycles. The van der Waals surface area contributed by atoms with Crippen molar-refractivity contribution in [2.24, 2.45) is 5.41 Å². The molecule has 1 aromatic carbocycles. The monoisotopic (exact) mass is 363 g/mol. The summed E-state index contributed by atoms with van der Waals surface area (Å²) in [7, 11) is 0. The molecule has 0 saturated carbocycles. The highest BCUT2D eigenvalue weighted by atomic mass is 19.4. The topological polar surface area (TPSA) is 67.8 Å². The van der Waals surface area contributed by atoms with Gasteiger partial charge in [-0.15, -0.1) is 0 Å². The lowest BCUT2D eigenvalue weighted by Gasteiger charge is -2.19. The summed E-state index contributed by atoms with van der Waals surface area (Å²) < 4.78 is 46.9. The number of hydrogen-bond donors (Lipinski definition) is 2. The zero-order valence-electron chi connectivity index (χ0n) is 14.6. The smallest absolute Gasteiger partial charge is 0.422 e. The summed E-state index contributed by atoms with van der Waals surface area (Å²) >= 11 is 0. The van der Waals surface area contributed by atoms with E-state index in [1.165, 1.54) is 6.07 Å². The Labute approximate surface area is 145 Å². The minimum Gasteiger partial charge on any atom is -0.490 e. The summed E-state index contributed by atoms with van der Waals surface area (Å²) in [6, 6.07) is 4.70. The second kappa shape index (κ2) is 8.94. The Morgan fingerprint density at radius 3 is 2.44 bits per heavy atom. The van der Waals surface area contributed by atoms with Gasteiger partial charge < -0.3 is 19.9 Å². The molecule has 5 nitrogen and oxygen atoms in total. The summed E-state index contributed by atoms with van der Waals surface area (Å²) in [5, 5.41) is 12.2. The normalized spacial score (nSPS) is 12.1. The lowest BCUT2D eigenvalue weighted by atomic mass is 9.90. The molecule has 142 valence electrons. The number of ether oxygens (including phenoxy) is 2. The summed E-state index contributed by atoms with van der Waals surface area (Å²) in [5.41, 5.74) is -0.0189. The average Bonchev–Trinajstić information content (AvgIpc) is 2.50. The van der Waals surface area contributed by atoms with Gasteiger partial charge in [-0.1, -0.05) is 6.07 Å². The van der Waals surface area contributed by atoms with Gasteiger partial charge in [0.05, 0.1) is 12.0 Å². The number of benzene rings is 1. The maximum Gasteiger partial charge on any atom is 0.422 e. The number of carbonyl (C=O) groups is 1. The highest BCUT2D eigenvalue weighted by Gasteiger charge is 2.29. The maximum atomic E-state index is 12.3. The average molecular weight is 363 g/mol. The molecule has 25 heavy (non-hydrogen) atoms. The first-order chi connectivity index (χ1) is 11.5. The fraction of sp³-hybridized carbons (Fsp3) is 0.588. The summed E-state index contributed by atoms with van der Waals surface area (Å²) in [6.45, 7) is 4.88. The molecule has 0 spiro atoms. The lowest BCUT2D eigenvalue weighted by molar-refractivity contribution is -0.153. The summed E-state index contributed by atoms with van der Waals surface area (Å²) in [5.74, 6) is -0.578. The molecular formula is C17H24F3NO4. The Bertz CT molecular complexity index is 574. The lowest BCUT2D eigenvalue weighted by Crippen LogP contribution is -2.28. The van der Waals surface area contributed by atoms with Crippen LogP contribution in [0.15, 0.2) is 18.2 Å². The van der Waals surface area contributed by atoms with Crippen molar-refractivity contribution in [1.29, 1.82) is 0 Å². The minimum atomic E-state index is -4.42. The molecule has 0 unspecified atom stereocenters. The third kappa shape index (κ3) is 7.64. The van der Waals surface area contributed by atoms with Crippen LogP contribution in [-0.4, -0.2) is 37.0 Å². The number of carboxylic acids is 1. The van der Waals surface area contributed by atoms with E-state index in [2.05, 4.69) is 5.32 Å². The predicted octanol–water partition coefficient (Wildman–Crippen LogP) is 3.62. The molecule has 0 bridgehead atoms. The van der Waals surface area contributed by atoms with Crippen LogP contribution in [0.1, 0.15) is 32.8 Å². The van der Waals surface area contributed by atoms with E-state index >= 15 is 0 Å². The molecule has 0 heterocycles. The number of aliphatic carboxylic acids is 1. The fourth-order valence-corrected chi connectivity index (χ4v) is 1.95. The number of rotatable bonds is 10. The van der Waals surface area contributed by atoms with Gasteiger partial charge in [-0.05, 0) is 51.4 Å². The van der Waals surface area contributed by atoms with Crippen LogP contribution in [0.4, 0.5) is 13.2 Å². The molecule has 0 saturated heterocycles. The van der Waals surface area contributed by atoms with Gasteiger partial charge >= 0.3 is 12.1 Å². The molecule has 0 aliphatic rings. The van der Waals surface area contributed by atoms with Crippen molar-refractivity contribution in [3.05, 3.63) is 23.8 Å². The molecule has 0 amide bonds. The van der Waals surface area contributed by atoms with E-state index in [0.717, 1.165) is 5.56 Å². The zero-order valence-corrected chi connectivity index (χ0v) is 14.6. The van der Waals surface area contributed by atoms with Crippen LogP contribution in [0.5, 0.6) is 11.5 Å². The van der Waals surface area contributed by atoms with Crippen LogP contribution in [-0.2, 0) is 11.3 Å². The maximum absolute atomic E-state index is 12.3. The second-order valence-electron chi connectivity index (χ2n) is 6.23. The van der Waals surface area contributed by atoms with E-state index in [9.17, 15) is 18.0 Å². The standard InChI is InChI=1S/C17H24F3NO4/c1-4-24-14-9-12(5-6-13(14)25-11-17(18,19)20)10-21-8-7-16(2,3)15(22)23/h5-6,9,21H,4,7-8,10-11H2,1-3H3,(H,22,23). The van der Waals surface area contributed by atoms with Gasteiger partial charge in [-0.2, -0.15) is 13.2 Å². The molecule has 0 aromatic heterocycles. The van der Waals surface area contributed by atoms with Crippen molar-refractivity contribution in [3.63, 3.8) is 0 Å². The van der Waals surface area contributed by atoms with Gasteiger partial charge in [0.1, 0.15) is 0 Å². The van der Waals surface area contributed by atoms with E-state index in [0.29, 0.717) is 26.1 Å². The Kier molecular flexibility index (Phi) is 7.54. The predicted molar refractivity (Wildman–Crippen MR) is 86.9 cm³/mol. The molecule has 0 atom stereocenters. The van der Waals surface area contributed by atoms with Crippen molar-refractivity contribution in [2.75, 3.05) is 19.8 Å². The summed E-state index contributed by atoms with van der Waals surface area (Å²) in [4.78, 5) is 11.0. The fourth-order valence-electron chi connectivity index (χ4n) is 1.95. The molecule has 0 fully saturated rings. The van der Waals surface area contributed by atoms with Gasteiger partial charge in [0.25, 0.3) is 0 Å². The number of halogens is 3. The van der Waals surface area contributed by atoms with Crippen molar-refractivity contribution in [2.45, 2.75) is 39.9 Å². The van der Waals surface area contributed by atoms with Crippen molar-refractivity contribution in [1.82, 2.24) is 5.32 Å². The molecule has 8 heteroatoms. The Morgan fingerprint density at radius 2 is 1.88 bits per heavy atom. The number of nitrogens with one attached hydrogen (secondary N) is 1.